The van der Waals surface area contributed by atoms with Gasteiger partial charge in [0.1, 0.15) is 0 Å². The van der Waals surface area contributed by atoms with Gasteiger partial charge in [0.05, 0.1) is 17.1 Å². The third kappa shape index (κ3) is 3.42. The van der Waals surface area contributed by atoms with Crippen LogP contribution in [-0.4, -0.2) is 38.0 Å². The van der Waals surface area contributed by atoms with Crippen LogP contribution in [-0.2, 0) is 6.42 Å². The molecule has 0 spiro atoms. The summed E-state index contributed by atoms with van der Waals surface area (Å²) in [6, 6.07) is 2.56. The molecule has 7 heteroatoms. The van der Waals surface area contributed by atoms with Crippen LogP contribution in [0.1, 0.15) is 58.1 Å². The highest BCUT2D eigenvalue weighted by Crippen LogP contribution is 2.30. The lowest BCUT2D eigenvalue weighted by atomic mass is 10.1. The van der Waals surface area contributed by atoms with Gasteiger partial charge in [-0.05, 0) is 39.8 Å². The van der Waals surface area contributed by atoms with Gasteiger partial charge < -0.3 is 9.84 Å². The van der Waals surface area contributed by atoms with Crippen molar-refractivity contribution in [2.45, 2.75) is 59.0 Å². The van der Waals surface area contributed by atoms with Crippen LogP contribution in [0, 0.1) is 0 Å². The molecule has 7 nitrogen and oxygen atoms in total. The summed E-state index contributed by atoms with van der Waals surface area (Å²) in [6.07, 6.45) is 2.55. The minimum Gasteiger partial charge on any atom is -0.334 e. The van der Waals surface area contributed by atoms with E-state index in [2.05, 4.69) is 55.2 Å². The normalized spacial score (nSPS) is 13.3. The van der Waals surface area contributed by atoms with Gasteiger partial charge in [0.25, 0.3) is 5.89 Å². The van der Waals surface area contributed by atoms with Crippen molar-refractivity contribution in [1.82, 2.24) is 30.2 Å². The first-order valence-corrected chi connectivity index (χ1v) is 8.79. The van der Waals surface area contributed by atoms with Crippen LogP contribution in [0.5, 0.6) is 0 Å². The van der Waals surface area contributed by atoms with Crippen LogP contribution >= 0.6 is 0 Å². The summed E-state index contributed by atoms with van der Waals surface area (Å²) in [5.41, 5.74) is 2.75. The summed E-state index contributed by atoms with van der Waals surface area (Å²) in [5.74, 6) is 1.52. The Balaban J connectivity index is 2.12. The Hall–Kier alpha value is -2.28. The molecule has 1 N–H and O–H groups in total. The number of pyridine rings is 1. The molecular weight excluding hydrogens is 316 g/mol. The van der Waals surface area contributed by atoms with Crippen molar-refractivity contribution in [3.8, 4) is 11.5 Å². The molecule has 0 aliphatic rings. The van der Waals surface area contributed by atoms with Crippen molar-refractivity contribution in [2.75, 3.05) is 7.05 Å². The minimum absolute atomic E-state index is 0.231. The molecule has 0 amide bonds. The maximum atomic E-state index is 5.55. The predicted octanol–water partition coefficient (Wildman–Crippen LogP) is 3.34. The van der Waals surface area contributed by atoms with Crippen LogP contribution < -0.4 is 5.32 Å². The van der Waals surface area contributed by atoms with E-state index in [-0.39, 0.29) is 12.1 Å². The molecule has 0 fully saturated rings. The fraction of sp³-hybridized carbons (Fsp3) is 0.556. The zero-order valence-electron chi connectivity index (χ0n) is 15.7. The molecule has 1 atom stereocenters. The van der Waals surface area contributed by atoms with E-state index in [4.69, 9.17) is 9.51 Å². The predicted molar refractivity (Wildman–Crippen MR) is 97.5 cm³/mol. The molecule has 3 heterocycles. The van der Waals surface area contributed by atoms with Crippen LogP contribution in [0.4, 0.5) is 0 Å². The van der Waals surface area contributed by atoms with Gasteiger partial charge in [-0.1, -0.05) is 19.0 Å². The Morgan fingerprint density at radius 2 is 1.92 bits per heavy atom. The molecule has 0 aliphatic heterocycles. The lowest BCUT2D eigenvalue weighted by Gasteiger charge is -2.10. The zero-order chi connectivity index (χ0) is 18.1. The average Bonchev–Trinajstić information content (AvgIpc) is 3.20. The minimum atomic E-state index is 0.231. The van der Waals surface area contributed by atoms with E-state index in [9.17, 15) is 0 Å². The Bertz CT molecular complexity index is 864. The first-order valence-electron chi connectivity index (χ1n) is 8.79. The molecule has 3 rings (SSSR count). The standard InChI is InChI=1S/C18H26N6O/c1-10(2)15-8-13(14-9-20-24(11(3)4)17(14)21-15)18-22-16(23-25-18)7-12(5)19-6/h8-12,19H,7H2,1-6H3. The zero-order valence-corrected chi connectivity index (χ0v) is 15.7. The number of hydrogen-bond acceptors (Lipinski definition) is 6. The Morgan fingerprint density at radius 3 is 2.56 bits per heavy atom. The molecule has 134 valence electrons. The van der Waals surface area contributed by atoms with Crippen LogP contribution in [0.2, 0.25) is 0 Å². The van der Waals surface area contributed by atoms with Gasteiger partial charge in [-0.15, -0.1) is 0 Å². The van der Waals surface area contributed by atoms with Gasteiger partial charge in [-0.3, -0.25) is 0 Å². The quantitative estimate of drug-likeness (QED) is 0.740. The van der Waals surface area contributed by atoms with Crippen LogP contribution in [0.25, 0.3) is 22.5 Å². The summed E-state index contributed by atoms with van der Waals surface area (Å²) in [6.45, 7) is 10.5. The average molecular weight is 342 g/mol. The Morgan fingerprint density at radius 1 is 1.16 bits per heavy atom. The van der Waals surface area contributed by atoms with E-state index in [1.165, 1.54) is 0 Å². The van der Waals surface area contributed by atoms with Gasteiger partial charge in [0.15, 0.2) is 11.5 Å². The lowest BCUT2D eigenvalue weighted by molar-refractivity contribution is 0.418. The largest absolute Gasteiger partial charge is 0.334 e. The van der Waals surface area contributed by atoms with Gasteiger partial charge in [0, 0.05) is 24.2 Å². The molecule has 0 saturated heterocycles. The monoisotopic (exact) mass is 342 g/mol. The highest BCUT2D eigenvalue weighted by atomic mass is 16.5. The third-order valence-electron chi connectivity index (χ3n) is 4.35. The van der Waals surface area contributed by atoms with Crippen molar-refractivity contribution in [3.05, 3.63) is 23.8 Å². The number of fused-ring (bicyclic) bond motifs is 1. The van der Waals surface area contributed by atoms with Crippen molar-refractivity contribution >= 4 is 11.0 Å². The molecule has 0 aromatic carbocycles. The second-order valence-electron chi connectivity index (χ2n) is 7.08. The maximum Gasteiger partial charge on any atom is 0.258 e. The van der Waals surface area contributed by atoms with Crippen LogP contribution in [0.3, 0.4) is 0 Å². The highest BCUT2D eigenvalue weighted by molar-refractivity contribution is 5.90. The van der Waals surface area contributed by atoms with Gasteiger partial charge in [-0.25, -0.2) is 9.67 Å². The number of aromatic nitrogens is 5. The number of nitrogens with zero attached hydrogens (tertiary/aromatic N) is 5. The first kappa shape index (κ1) is 17.5. The summed E-state index contributed by atoms with van der Waals surface area (Å²) in [5, 5.41) is 12.8. The highest BCUT2D eigenvalue weighted by Gasteiger charge is 2.19. The fourth-order valence-corrected chi connectivity index (χ4v) is 2.71. The maximum absolute atomic E-state index is 5.55. The topological polar surface area (TPSA) is 81.7 Å². The summed E-state index contributed by atoms with van der Waals surface area (Å²) >= 11 is 0. The third-order valence-corrected chi connectivity index (χ3v) is 4.35. The lowest BCUT2D eigenvalue weighted by Crippen LogP contribution is -2.24. The SMILES string of the molecule is CNC(C)Cc1noc(-c2cc(C(C)C)nc3c2cnn3C(C)C)n1. The van der Waals surface area contributed by atoms with Crippen molar-refractivity contribution in [1.29, 1.82) is 0 Å². The van der Waals surface area contributed by atoms with E-state index in [1.807, 2.05) is 24.0 Å². The molecule has 3 aromatic heterocycles. The molecule has 1 unspecified atom stereocenters. The van der Waals surface area contributed by atoms with Crippen molar-refractivity contribution < 1.29 is 4.52 Å². The van der Waals surface area contributed by atoms with Gasteiger partial charge in [-0.2, -0.15) is 10.1 Å². The Kier molecular flexibility index (Phi) is 4.85. The molecule has 0 radical (unpaired) electrons. The van der Waals surface area contributed by atoms with E-state index < -0.39 is 0 Å². The molecule has 0 aliphatic carbocycles. The molecule has 25 heavy (non-hydrogen) atoms. The molecule has 3 aromatic rings. The van der Waals surface area contributed by atoms with Gasteiger partial charge in [0.2, 0.25) is 0 Å². The fourth-order valence-electron chi connectivity index (χ4n) is 2.71. The van der Waals surface area contributed by atoms with Crippen molar-refractivity contribution in [2.24, 2.45) is 0 Å². The van der Waals surface area contributed by atoms with Gasteiger partial charge >= 0.3 is 0 Å². The Labute approximate surface area is 147 Å². The van der Waals surface area contributed by atoms with Crippen LogP contribution in [0.15, 0.2) is 16.8 Å². The molecule has 0 bridgehead atoms. The summed E-state index contributed by atoms with van der Waals surface area (Å²) in [4.78, 5) is 9.40. The van der Waals surface area contributed by atoms with E-state index in [0.717, 1.165) is 28.7 Å². The number of hydrogen-bond donors (Lipinski definition) is 1. The summed E-state index contributed by atoms with van der Waals surface area (Å²) in [7, 11) is 1.92. The molecule has 0 saturated carbocycles. The van der Waals surface area contributed by atoms with E-state index in [0.29, 0.717) is 17.6 Å². The summed E-state index contributed by atoms with van der Waals surface area (Å²) < 4.78 is 7.49. The second kappa shape index (κ2) is 6.92. The molecular formula is C18H26N6O. The number of nitrogens with one attached hydrogen (secondary N) is 1. The smallest absolute Gasteiger partial charge is 0.258 e. The van der Waals surface area contributed by atoms with E-state index >= 15 is 0 Å². The van der Waals surface area contributed by atoms with Crippen molar-refractivity contribution in [3.63, 3.8) is 0 Å². The second-order valence-corrected chi connectivity index (χ2v) is 7.08. The number of likely N-dealkylation sites (N-methyl/N-ethyl adjacent to an activating group) is 1. The number of rotatable bonds is 6. The van der Waals surface area contributed by atoms with E-state index in [1.54, 1.807) is 0 Å². The first-order chi connectivity index (χ1) is 11.9.